The van der Waals surface area contributed by atoms with Crippen molar-refractivity contribution in [1.29, 1.82) is 0 Å². The van der Waals surface area contributed by atoms with Crippen LogP contribution in [0, 0.1) is 6.92 Å². The van der Waals surface area contributed by atoms with Crippen molar-refractivity contribution in [3.05, 3.63) is 29.3 Å². The minimum atomic E-state index is 0. The van der Waals surface area contributed by atoms with Gasteiger partial charge < -0.3 is 24.8 Å². The average Bonchev–Trinajstić information content (AvgIpc) is 2.58. The van der Waals surface area contributed by atoms with Crippen LogP contribution in [0.25, 0.3) is 0 Å². The van der Waals surface area contributed by atoms with Crippen LogP contribution >= 0.6 is 24.0 Å². The smallest absolute Gasteiger partial charge is 0.191 e. The normalized spacial score (nSPS) is 15.1. The number of halogens is 1. The zero-order chi connectivity index (χ0) is 16.5. The summed E-state index contributed by atoms with van der Waals surface area (Å²) in [5, 5.41) is 0. The van der Waals surface area contributed by atoms with E-state index in [1.165, 1.54) is 0 Å². The number of guanidine groups is 1. The van der Waals surface area contributed by atoms with Crippen LogP contribution in [0.1, 0.15) is 18.1 Å². The number of nitrogens with two attached hydrogens (primary N) is 1. The fourth-order valence-electron chi connectivity index (χ4n) is 2.34. The van der Waals surface area contributed by atoms with Gasteiger partial charge in [-0.1, -0.05) is 12.1 Å². The first-order valence-corrected chi connectivity index (χ1v) is 8.13. The Bertz CT molecular complexity index is 520. The molecule has 2 rings (SSSR count). The van der Waals surface area contributed by atoms with Gasteiger partial charge in [-0.25, -0.2) is 4.99 Å². The van der Waals surface area contributed by atoms with Crippen LogP contribution < -0.4 is 10.5 Å². The minimum Gasteiger partial charge on any atom is -0.491 e. The van der Waals surface area contributed by atoms with E-state index in [0.717, 1.165) is 30.0 Å². The van der Waals surface area contributed by atoms with Gasteiger partial charge in [0.25, 0.3) is 0 Å². The van der Waals surface area contributed by atoms with E-state index in [1.807, 2.05) is 30.9 Å². The predicted octanol–water partition coefficient (Wildman–Crippen LogP) is 2.18. The fourth-order valence-corrected chi connectivity index (χ4v) is 2.34. The molecular weight excluding hydrogens is 421 g/mol. The van der Waals surface area contributed by atoms with Crippen molar-refractivity contribution in [1.82, 2.24) is 4.90 Å². The Balaban J connectivity index is 0.00000288. The molecule has 0 aliphatic carbocycles. The minimum absolute atomic E-state index is 0. The SMILES string of the molecule is CCOCCOc1cc(C)ccc1CN=C(N)N1CCOCC1.I. The maximum absolute atomic E-state index is 6.08. The predicted molar refractivity (Wildman–Crippen MR) is 106 cm³/mol. The molecule has 0 bridgehead atoms. The van der Waals surface area contributed by atoms with E-state index >= 15 is 0 Å². The molecule has 0 radical (unpaired) electrons. The van der Waals surface area contributed by atoms with E-state index in [4.69, 9.17) is 19.9 Å². The highest BCUT2D eigenvalue weighted by Gasteiger charge is 2.12. The second kappa shape index (κ2) is 11.5. The fraction of sp³-hybridized carbons (Fsp3) is 0.588. The molecule has 0 saturated carbocycles. The van der Waals surface area contributed by atoms with Gasteiger partial charge in [-0.2, -0.15) is 0 Å². The molecule has 0 atom stereocenters. The third kappa shape index (κ3) is 6.82. The molecule has 1 aliphatic rings. The first-order valence-electron chi connectivity index (χ1n) is 8.13. The van der Waals surface area contributed by atoms with Crippen molar-refractivity contribution in [3.8, 4) is 5.75 Å². The molecule has 1 fully saturated rings. The summed E-state index contributed by atoms with van der Waals surface area (Å²) in [4.78, 5) is 6.56. The van der Waals surface area contributed by atoms with Crippen LogP contribution in [-0.4, -0.2) is 57.0 Å². The molecule has 0 amide bonds. The van der Waals surface area contributed by atoms with E-state index < -0.39 is 0 Å². The van der Waals surface area contributed by atoms with E-state index in [-0.39, 0.29) is 24.0 Å². The molecule has 0 spiro atoms. The lowest BCUT2D eigenvalue weighted by Crippen LogP contribution is -2.44. The molecular formula is C17H28IN3O3. The lowest BCUT2D eigenvalue weighted by Gasteiger charge is -2.27. The van der Waals surface area contributed by atoms with E-state index in [1.54, 1.807) is 0 Å². The van der Waals surface area contributed by atoms with Gasteiger partial charge >= 0.3 is 0 Å². The molecule has 1 saturated heterocycles. The number of aryl methyl sites for hydroxylation is 1. The number of benzene rings is 1. The van der Waals surface area contributed by atoms with Crippen LogP contribution in [-0.2, 0) is 16.0 Å². The molecule has 1 aliphatic heterocycles. The highest BCUT2D eigenvalue weighted by Crippen LogP contribution is 2.21. The van der Waals surface area contributed by atoms with Gasteiger partial charge in [-0.05, 0) is 25.5 Å². The molecule has 7 heteroatoms. The van der Waals surface area contributed by atoms with E-state index in [2.05, 4.69) is 11.1 Å². The Labute approximate surface area is 161 Å². The van der Waals surface area contributed by atoms with Gasteiger partial charge in [-0.15, -0.1) is 24.0 Å². The Hall–Kier alpha value is -1.06. The maximum Gasteiger partial charge on any atom is 0.191 e. The Morgan fingerprint density at radius 2 is 2.04 bits per heavy atom. The number of aliphatic imine (C=N–C) groups is 1. The first kappa shape index (κ1) is 21.0. The first-order chi connectivity index (χ1) is 11.2. The lowest BCUT2D eigenvalue weighted by atomic mass is 10.1. The van der Waals surface area contributed by atoms with Gasteiger partial charge in [0.15, 0.2) is 5.96 Å². The average molecular weight is 449 g/mol. The van der Waals surface area contributed by atoms with Crippen LogP contribution in [0.4, 0.5) is 0 Å². The maximum atomic E-state index is 6.08. The molecule has 1 heterocycles. The molecule has 136 valence electrons. The summed E-state index contributed by atoms with van der Waals surface area (Å²) in [6.45, 7) is 9.33. The van der Waals surface area contributed by atoms with E-state index in [0.29, 0.717) is 45.5 Å². The zero-order valence-corrected chi connectivity index (χ0v) is 16.8. The third-order valence-electron chi connectivity index (χ3n) is 3.66. The summed E-state index contributed by atoms with van der Waals surface area (Å²) in [5.74, 6) is 1.41. The molecule has 0 unspecified atom stereocenters. The molecule has 1 aromatic rings. The van der Waals surface area contributed by atoms with Crippen molar-refractivity contribution < 1.29 is 14.2 Å². The Morgan fingerprint density at radius 3 is 2.75 bits per heavy atom. The largest absolute Gasteiger partial charge is 0.491 e. The Kier molecular flexibility index (Phi) is 10.0. The van der Waals surface area contributed by atoms with Gasteiger partial charge in [0.2, 0.25) is 0 Å². The second-order valence-corrected chi connectivity index (χ2v) is 5.43. The summed E-state index contributed by atoms with van der Waals surface area (Å²) in [7, 11) is 0. The van der Waals surface area contributed by atoms with Gasteiger partial charge in [-0.3, -0.25) is 0 Å². The van der Waals surface area contributed by atoms with Crippen molar-refractivity contribution in [3.63, 3.8) is 0 Å². The highest BCUT2D eigenvalue weighted by molar-refractivity contribution is 14.0. The third-order valence-corrected chi connectivity index (χ3v) is 3.66. The quantitative estimate of drug-likeness (QED) is 0.299. The van der Waals surface area contributed by atoms with Crippen LogP contribution in [0.15, 0.2) is 23.2 Å². The van der Waals surface area contributed by atoms with Crippen molar-refractivity contribution in [2.24, 2.45) is 10.7 Å². The van der Waals surface area contributed by atoms with Crippen LogP contribution in [0.3, 0.4) is 0 Å². The molecule has 2 N–H and O–H groups in total. The number of ether oxygens (including phenoxy) is 3. The van der Waals surface area contributed by atoms with Crippen molar-refractivity contribution in [2.45, 2.75) is 20.4 Å². The Morgan fingerprint density at radius 1 is 1.29 bits per heavy atom. The summed E-state index contributed by atoms with van der Waals surface area (Å²) in [6, 6.07) is 6.13. The van der Waals surface area contributed by atoms with E-state index in [9.17, 15) is 0 Å². The standard InChI is InChI=1S/C17H27N3O3.HI/c1-3-21-10-11-23-16-12-14(2)4-5-15(16)13-19-17(18)20-6-8-22-9-7-20;/h4-5,12H,3,6-11,13H2,1-2H3,(H2,18,19);1H. The van der Waals surface area contributed by atoms with Crippen LogP contribution in [0.5, 0.6) is 5.75 Å². The van der Waals surface area contributed by atoms with Crippen molar-refractivity contribution >= 4 is 29.9 Å². The molecule has 6 nitrogen and oxygen atoms in total. The molecule has 24 heavy (non-hydrogen) atoms. The second-order valence-electron chi connectivity index (χ2n) is 5.43. The van der Waals surface area contributed by atoms with Gasteiger partial charge in [0, 0.05) is 25.3 Å². The molecule has 0 aromatic heterocycles. The highest BCUT2D eigenvalue weighted by atomic mass is 127. The van der Waals surface area contributed by atoms with Gasteiger partial charge in [0.1, 0.15) is 12.4 Å². The number of morpholine rings is 1. The van der Waals surface area contributed by atoms with Crippen molar-refractivity contribution in [2.75, 3.05) is 46.1 Å². The monoisotopic (exact) mass is 449 g/mol. The summed E-state index contributed by atoms with van der Waals surface area (Å²) in [6.07, 6.45) is 0. The van der Waals surface area contributed by atoms with Gasteiger partial charge in [0.05, 0.1) is 26.4 Å². The summed E-state index contributed by atoms with van der Waals surface area (Å²) in [5.41, 5.74) is 8.26. The lowest BCUT2D eigenvalue weighted by molar-refractivity contribution is 0.0674. The number of nitrogens with zero attached hydrogens (tertiary/aromatic N) is 2. The zero-order valence-electron chi connectivity index (χ0n) is 14.5. The number of rotatable bonds is 7. The number of hydrogen-bond acceptors (Lipinski definition) is 4. The summed E-state index contributed by atoms with van der Waals surface area (Å²) < 4.78 is 16.5. The number of hydrogen-bond donors (Lipinski definition) is 1. The topological polar surface area (TPSA) is 69.3 Å². The molecule has 1 aromatic carbocycles. The van der Waals surface area contributed by atoms with Crippen LogP contribution in [0.2, 0.25) is 0 Å². The summed E-state index contributed by atoms with van der Waals surface area (Å²) >= 11 is 0.